The lowest BCUT2D eigenvalue weighted by molar-refractivity contribution is -0.150. The Morgan fingerprint density at radius 2 is 2.03 bits per heavy atom. The van der Waals surface area contributed by atoms with Crippen LogP contribution in [0.5, 0.6) is 0 Å². The zero-order valence-electron chi connectivity index (χ0n) is 21.3. The van der Waals surface area contributed by atoms with E-state index in [1.165, 1.54) is 16.9 Å². The third-order valence-electron chi connectivity index (χ3n) is 7.14. The van der Waals surface area contributed by atoms with Crippen molar-refractivity contribution in [3.8, 4) is 0 Å². The number of amidine groups is 1. The number of fused-ring (bicyclic) bond motifs is 1. The van der Waals surface area contributed by atoms with Gasteiger partial charge in [0.2, 0.25) is 0 Å². The highest BCUT2D eigenvalue weighted by atomic mass is 16.5. The van der Waals surface area contributed by atoms with E-state index in [0.29, 0.717) is 48.7 Å². The number of methoxy groups -OCH3 is 1. The number of aliphatic imine (C=N–C) groups is 1. The highest BCUT2D eigenvalue weighted by Crippen LogP contribution is 2.26. The topological polar surface area (TPSA) is 164 Å². The molecule has 3 atom stereocenters. The number of anilines is 2. The normalized spacial score (nSPS) is 21.3. The van der Waals surface area contributed by atoms with Crippen LogP contribution < -0.4 is 16.0 Å². The molecule has 2 saturated heterocycles. The molecule has 204 valence electrons. The van der Waals surface area contributed by atoms with Crippen LogP contribution in [0.15, 0.2) is 47.5 Å². The molecular weight excluding hydrogens is 506 g/mol. The third-order valence-corrected chi connectivity index (χ3v) is 7.14. The molecule has 3 heterocycles. The van der Waals surface area contributed by atoms with Crippen LogP contribution in [0.4, 0.5) is 11.4 Å². The summed E-state index contributed by atoms with van der Waals surface area (Å²) in [5.74, 6) is -1.79. The first kappa shape index (κ1) is 26.3. The number of aliphatic hydroxyl groups excluding tert-OH is 1. The fourth-order valence-electron chi connectivity index (χ4n) is 5.11. The lowest BCUT2D eigenvalue weighted by Gasteiger charge is -2.34. The van der Waals surface area contributed by atoms with Crippen LogP contribution >= 0.6 is 0 Å². The summed E-state index contributed by atoms with van der Waals surface area (Å²) in [4.78, 5) is 58.4. The van der Waals surface area contributed by atoms with E-state index < -0.39 is 36.0 Å². The van der Waals surface area contributed by atoms with Crippen molar-refractivity contribution in [1.29, 1.82) is 0 Å². The second-order valence-corrected chi connectivity index (χ2v) is 9.52. The minimum Gasteiger partial charge on any atom is -0.467 e. The SMILES string of the molecule is COC(=O)[C@@H]1CCCN1C(=O)c1cccc(N2CCO[C@H]([C@@H](O)C(=O)Nc3ccc4c(c3)CN=C4N)C2=O)c1. The Labute approximate surface area is 224 Å². The molecule has 0 aromatic heterocycles. The van der Waals surface area contributed by atoms with Gasteiger partial charge in [-0.25, -0.2) is 4.79 Å². The van der Waals surface area contributed by atoms with E-state index in [0.717, 1.165) is 11.1 Å². The second kappa shape index (κ2) is 10.8. The van der Waals surface area contributed by atoms with Gasteiger partial charge in [0.05, 0.1) is 20.3 Å². The fourth-order valence-corrected chi connectivity index (χ4v) is 5.11. The van der Waals surface area contributed by atoms with Crippen molar-refractivity contribution in [3.63, 3.8) is 0 Å². The molecule has 0 unspecified atom stereocenters. The molecule has 0 radical (unpaired) electrons. The number of likely N-dealkylation sites (tertiary alicyclic amines) is 1. The maximum Gasteiger partial charge on any atom is 0.328 e. The minimum absolute atomic E-state index is 0.0743. The molecule has 0 bridgehead atoms. The average molecular weight is 536 g/mol. The zero-order chi connectivity index (χ0) is 27.7. The van der Waals surface area contributed by atoms with Crippen LogP contribution in [0.1, 0.15) is 34.3 Å². The summed E-state index contributed by atoms with van der Waals surface area (Å²) in [6.45, 7) is 1.07. The Hall–Kier alpha value is -4.29. The van der Waals surface area contributed by atoms with Crippen molar-refractivity contribution in [2.24, 2.45) is 10.7 Å². The monoisotopic (exact) mass is 535 g/mol. The number of rotatable bonds is 6. The summed E-state index contributed by atoms with van der Waals surface area (Å²) in [7, 11) is 1.29. The van der Waals surface area contributed by atoms with Crippen LogP contribution in [-0.2, 0) is 30.4 Å². The van der Waals surface area contributed by atoms with Gasteiger partial charge < -0.3 is 35.4 Å². The second-order valence-electron chi connectivity index (χ2n) is 9.52. The summed E-state index contributed by atoms with van der Waals surface area (Å²) in [5, 5.41) is 13.3. The molecule has 0 spiro atoms. The Bertz CT molecular complexity index is 1360. The van der Waals surface area contributed by atoms with Gasteiger partial charge in [-0.15, -0.1) is 0 Å². The van der Waals surface area contributed by atoms with Crippen LogP contribution in [0, 0.1) is 0 Å². The lowest BCUT2D eigenvalue weighted by Crippen LogP contribution is -2.55. The van der Waals surface area contributed by atoms with E-state index in [-0.39, 0.29) is 19.1 Å². The molecule has 2 fully saturated rings. The maximum absolute atomic E-state index is 13.3. The third kappa shape index (κ3) is 5.08. The van der Waals surface area contributed by atoms with Crippen LogP contribution in [0.2, 0.25) is 0 Å². The number of nitrogens with two attached hydrogens (primary N) is 1. The van der Waals surface area contributed by atoms with Crippen LogP contribution in [-0.4, -0.2) is 84.6 Å². The Balaban J connectivity index is 1.28. The number of hydrogen-bond acceptors (Lipinski definition) is 9. The number of nitrogens with zero attached hydrogens (tertiary/aromatic N) is 3. The van der Waals surface area contributed by atoms with Gasteiger partial charge in [-0.05, 0) is 54.8 Å². The Kier molecular flexibility index (Phi) is 7.31. The molecule has 39 heavy (non-hydrogen) atoms. The molecule has 3 amide bonds. The molecule has 12 heteroatoms. The van der Waals surface area contributed by atoms with E-state index in [1.807, 2.05) is 0 Å². The number of ether oxygens (including phenoxy) is 2. The Morgan fingerprint density at radius 3 is 2.82 bits per heavy atom. The molecule has 3 aliphatic heterocycles. The summed E-state index contributed by atoms with van der Waals surface area (Å²) in [5.41, 5.74) is 8.61. The average Bonchev–Trinajstić information content (AvgIpc) is 3.59. The van der Waals surface area contributed by atoms with Crippen LogP contribution in [0.3, 0.4) is 0 Å². The quantitative estimate of drug-likeness (QED) is 0.448. The molecule has 12 nitrogen and oxygen atoms in total. The first-order valence-electron chi connectivity index (χ1n) is 12.6. The Morgan fingerprint density at radius 1 is 1.21 bits per heavy atom. The number of carbonyl (C=O) groups excluding carboxylic acids is 4. The van der Waals surface area contributed by atoms with Crippen molar-refractivity contribution < 1.29 is 33.8 Å². The smallest absolute Gasteiger partial charge is 0.328 e. The van der Waals surface area contributed by atoms with E-state index >= 15 is 0 Å². The molecule has 0 saturated carbocycles. The molecule has 2 aromatic carbocycles. The predicted molar refractivity (Wildman–Crippen MR) is 140 cm³/mol. The standard InChI is InChI=1S/C27H29N5O7/c1-38-27(37)20-6-3-9-32(20)25(35)15-4-2-5-18(13-15)31-10-11-39-22(26(31)36)21(33)24(34)30-17-7-8-19-16(12-17)14-29-23(19)28/h2,4-5,7-8,12-13,20-22,33H,3,6,9-11,14H2,1H3,(H2,28,29)(H,30,34)/t20-,21+,22+/m0/s1. The number of amides is 3. The summed E-state index contributed by atoms with van der Waals surface area (Å²) >= 11 is 0. The van der Waals surface area contributed by atoms with Crippen molar-refractivity contribution in [2.75, 3.05) is 37.0 Å². The van der Waals surface area contributed by atoms with Gasteiger partial charge in [0.1, 0.15) is 11.9 Å². The van der Waals surface area contributed by atoms with Gasteiger partial charge in [0, 0.05) is 35.6 Å². The maximum atomic E-state index is 13.3. The summed E-state index contributed by atoms with van der Waals surface area (Å²) < 4.78 is 10.3. The molecule has 4 N–H and O–H groups in total. The van der Waals surface area contributed by atoms with E-state index in [9.17, 15) is 24.3 Å². The first-order chi connectivity index (χ1) is 18.8. The number of morpholine rings is 1. The highest BCUT2D eigenvalue weighted by molar-refractivity contribution is 6.05. The van der Waals surface area contributed by atoms with E-state index in [4.69, 9.17) is 15.2 Å². The summed E-state index contributed by atoms with van der Waals surface area (Å²) in [6, 6.07) is 10.9. The van der Waals surface area contributed by atoms with Gasteiger partial charge in [-0.2, -0.15) is 0 Å². The first-order valence-corrected chi connectivity index (χ1v) is 12.6. The fraction of sp³-hybridized carbons (Fsp3) is 0.370. The predicted octanol–water partition coefficient (Wildman–Crippen LogP) is 0.415. The molecule has 2 aromatic rings. The van der Waals surface area contributed by atoms with E-state index in [1.54, 1.807) is 42.5 Å². The van der Waals surface area contributed by atoms with Gasteiger partial charge in [0.25, 0.3) is 17.7 Å². The molecular formula is C27H29N5O7. The number of aliphatic hydroxyl groups is 1. The number of esters is 1. The van der Waals surface area contributed by atoms with Crippen molar-refractivity contribution in [2.45, 2.75) is 37.6 Å². The van der Waals surface area contributed by atoms with E-state index in [2.05, 4.69) is 10.3 Å². The van der Waals surface area contributed by atoms with Gasteiger partial charge in [0.15, 0.2) is 12.2 Å². The minimum atomic E-state index is -1.77. The largest absolute Gasteiger partial charge is 0.467 e. The van der Waals surface area contributed by atoms with Crippen LogP contribution in [0.25, 0.3) is 0 Å². The number of benzene rings is 2. The summed E-state index contributed by atoms with van der Waals surface area (Å²) in [6.07, 6.45) is -2.00. The number of nitrogens with one attached hydrogen (secondary N) is 1. The van der Waals surface area contributed by atoms with Gasteiger partial charge in [-0.1, -0.05) is 6.07 Å². The zero-order valence-corrected chi connectivity index (χ0v) is 21.3. The van der Waals surface area contributed by atoms with Crippen molar-refractivity contribution in [1.82, 2.24) is 4.90 Å². The lowest BCUT2D eigenvalue weighted by atomic mass is 10.1. The van der Waals surface area contributed by atoms with Gasteiger partial charge >= 0.3 is 5.97 Å². The van der Waals surface area contributed by atoms with Crippen molar-refractivity contribution in [3.05, 3.63) is 59.2 Å². The number of hydrogen-bond donors (Lipinski definition) is 3. The molecule has 5 rings (SSSR count). The molecule has 3 aliphatic rings. The number of carbonyl (C=O) groups is 4. The highest BCUT2D eigenvalue weighted by Gasteiger charge is 2.40. The molecule has 0 aliphatic carbocycles. The van der Waals surface area contributed by atoms with Gasteiger partial charge in [-0.3, -0.25) is 19.4 Å². The van der Waals surface area contributed by atoms with Crippen molar-refractivity contribution >= 4 is 40.9 Å².